The monoisotopic (exact) mass is 540 g/mol. The first-order valence-corrected chi connectivity index (χ1v) is 9.82. The van der Waals surface area contributed by atoms with Gasteiger partial charge in [0.2, 0.25) is 5.91 Å². The SMILES string of the molecule is CN(C)C(=O)CN=C(NCC1CCOC1)NCC(C)(C)c1ccc(F)cc1Cl.I. The molecule has 0 aliphatic carbocycles. The van der Waals surface area contributed by atoms with E-state index in [1.165, 1.54) is 17.0 Å². The predicted octanol–water partition coefficient (Wildman–Crippen LogP) is 3.03. The zero-order valence-electron chi connectivity index (χ0n) is 17.4. The van der Waals surface area contributed by atoms with E-state index in [1.807, 2.05) is 13.8 Å². The van der Waals surface area contributed by atoms with Gasteiger partial charge in [-0.25, -0.2) is 9.38 Å². The maximum Gasteiger partial charge on any atom is 0.243 e. The third-order valence-corrected chi connectivity index (χ3v) is 5.12. The largest absolute Gasteiger partial charge is 0.381 e. The van der Waals surface area contributed by atoms with Gasteiger partial charge in [-0.05, 0) is 24.1 Å². The fourth-order valence-electron chi connectivity index (χ4n) is 2.89. The number of guanidine groups is 1. The molecule has 1 aliphatic rings. The van der Waals surface area contributed by atoms with Crippen molar-refractivity contribution in [2.75, 3.05) is 46.9 Å². The molecule has 0 bridgehead atoms. The number of halogens is 3. The van der Waals surface area contributed by atoms with Crippen LogP contribution >= 0.6 is 35.6 Å². The Morgan fingerprint density at radius 3 is 2.69 bits per heavy atom. The van der Waals surface area contributed by atoms with Gasteiger partial charge in [-0.15, -0.1) is 24.0 Å². The number of amides is 1. The Balaban J connectivity index is 0.00000420. The van der Waals surface area contributed by atoms with E-state index in [9.17, 15) is 9.18 Å². The first kappa shape index (κ1) is 25.9. The van der Waals surface area contributed by atoms with Gasteiger partial charge < -0.3 is 20.3 Å². The van der Waals surface area contributed by atoms with E-state index < -0.39 is 0 Å². The number of nitrogens with one attached hydrogen (secondary N) is 2. The van der Waals surface area contributed by atoms with Crippen LogP contribution in [-0.4, -0.2) is 63.7 Å². The molecule has 0 aromatic heterocycles. The van der Waals surface area contributed by atoms with Crippen LogP contribution < -0.4 is 10.6 Å². The Bertz CT molecular complexity index is 710. The van der Waals surface area contributed by atoms with Crippen LogP contribution in [0.3, 0.4) is 0 Å². The van der Waals surface area contributed by atoms with E-state index in [0.29, 0.717) is 23.4 Å². The summed E-state index contributed by atoms with van der Waals surface area (Å²) >= 11 is 6.24. The summed E-state index contributed by atoms with van der Waals surface area (Å²) < 4.78 is 18.8. The van der Waals surface area contributed by atoms with Gasteiger partial charge in [0, 0.05) is 50.1 Å². The summed E-state index contributed by atoms with van der Waals surface area (Å²) in [5.74, 6) is 0.554. The molecule has 1 fully saturated rings. The van der Waals surface area contributed by atoms with Gasteiger partial charge in [-0.1, -0.05) is 31.5 Å². The number of likely N-dealkylation sites (N-methyl/N-ethyl adjacent to an activating group) is 1. The number of carbonyl (C=O) groups excluding carboxylic acids is 1. The van der Waals surface area contributed by atoms with Gasteiger partial charge in [-0.2, -0.15) is 0 Å². The lowest BCUT2D eigenvalue weighted by atomic mass is 9.84. The molecule has 9 heteroatoms. The Hall–Kier alpha value is -1.13. The molecule has 1 unspecified atom stereocenters. The van der Waals surface area contributed by atoms with E-state index >= 15 is 0 Å². The van der Waals surface area contributed by atoms with Crippen LogP contribution in [0.25, 0.3) is 0 Å². The summed E-state index contributed by atoms with van der Waals surface area (Å²) in [4.78, 5) is 17.8. The van der Waals surface area contributed by atoms with Crippen LogP contribution in [0, 0.1) is 11.7 Å². The average Bonchev–Trinajstić information content (AvgIpc) is 3.13. The molecule has 29 heavy (non-hydrogen) atoms. The molecule has 1 aromatic rings. The number of nitrogens with zero attached hydrogens (tertiary/aromatic N) is 2. The van der Waals surface area contributed by atoms with Crippen LogP contribution in [-0.2, 0) is 14.9 Å². The average molecular weight is 541 g/mol. The Labute approximate surface area is 194 Å². The summed E-state index contributed by atoms with van der Waals surface area (Å²) in [7, 11) is 3.40. The topological polar surface area (TPSA) is 66.0 Å². The number of rotatable bonds is 7. The standard InChI is InChI=1S/C20H30ClFN4O2.HI/c1-20(2,16-6-5-15(22)9-17(16)21)13-25-19(24-11-18(27)26(3)4)23-10-14-7-8-28-12-14;/h5-6,9,14H,7-8,10-13H2,1-4H3,(H2,23,24,25);1H. The van der Waals surface area contributed by atoms with Gasteiger partial charge in [0.25, 0.3) is 0 Å². The van der Waals surface area contributed by atoms with Crippen LogP contribution in [0.1, 0.15) is 25.8 Å². The van der Waals surface area contributed by atoms with E-state index in [1.54, 1.807) is 20.2 Å². The van der Waals surface area contributed by atoms with Gasteiger partial charge in [0.05, 0.1) is 6.61 Å². The molecule has 2 N–H and O–H groups in total. The highest BCUT2D eigenvalue weighted by molar-refractivity contribution is 14.0. The first-order chi connectivity index (χ1) is 13.2. The molecule has 1 heterocycles. The molecule has 164 valence electrons. The molecule has 2 rings (SSSR count). The van der Waals surface area contributed by atoms with Crippen molar-refractivity contribution in [1.29, 1.82) is 0 Å². The number of carbonyl (C=O) groups is 1. The molecule has 0 spiro atoms. The number of aliphatic imine (C=N–C) groups is 1. The second-order valence-corrected chi connectivity index (χ2v) is 8.33. The normalized spacial score (nSPS) is 16.9. The van der Waals surface area contributed by atoms with E-state index in [-0.39, 0.29) is 47.7 Å². The molecule has 0 radical (unpaired) electrons. The van der Waals surface area contributed by atoms with Crippen LogP contribution in [0.2, 0.25) is 5.02 Å². The summed E-state index contributed by atoms with van der Waals surface area (Å²) in [5, 5.41) is 6.99. The molecule has 1 aromatic carbocycles. The zero-order valence-corrected chi connectivity index (χ0v) is 20.5. The molecular weight excluding hydrogens is 510 g/mol. The van der Waals surface area contributed by atoms with Crippen LogP contribution in [0.4, 0.5) is 4.39 Å². The van der Waals surface area contributed by atoms with Gasteiger partial charge >= 0.3 is 0 Å². The lowest BCUT2D eigenvalue weighted by Crippen LogP contribution is -2.45. The second-order valence-electron chi connectivity index (χ2n) is 7.93. The molecular formula is C20H31ClFIN4O2. The van der Waals surface area contributed by atoms with E-state index in [4.69, 9.17) is 16.3 Å². The summed E-state index contributed by atoms with van der Waals surface area (Å²) in [6, 6.07) is 4.43. The van der Waals surface area contributed by atoms with Crippen molar-refractivity contribution in [3.05, 3.63) is 34.6 Å². The van der Waals surface area contributed by atoms with Crippen molar-refractivity contribution in [1.82, 2.24) is 15.5 Å². The summed E-state index contributed by atoms with van der Waals surface area (Å²) in [6.07, 6.45) is 1.01. The Morgan fingerprint density at radius 2 is 2.10 bits per heavy atom. The number of hydrogen-bond donors (Lipinski definition) is 2. The minimum Gasteiger partial charge on any atom is -0.381 e. The molecule has 1 saturated heterocycles. The van der Waals surface area contributed by atoms with Gasteiger partial charge in [0.15, 0.2) is 5.96 Å². The first-order valence-electron chi connectivity index (χ1n) is 9.44. The Kier molecular flexibility index (Phi) is 10.6. The fourth-order valence-corrected chi connectivity index (χ4v) is 3.31. The minimum absolute atomic E-state index is 0. The van der Waals surface area contributed by atoms with Crippen LogP contribution in [0.15, 0.2) is 23.2 Å². The molecule has 6 nitrogen and oxygen atoms in total. The zero-order chi connectivity index (χ0) is 20.7. The third kappa shape index (κ3) is 8.25. The highest BCUT2D eigenvalue weighted by Crippen LogP contribution is 2.29. The van der Waals surface area contributed by atoms with E-state index in [0.717, 1.165) is 31.7 Å². The van der Waals surface area contributed by atoms with Crippen LogP contribution in [0.5, 0.6) is 0 Å². The quantitative estimate of drug-likeness (QED) is 0.317. The van der Waals surface area contributed by atoms with Crippen molar-refractivity contribution >= 4 is 47.4 Å². The van der Waals surface area contributed by atoms with Crippen molar-refractivity contribution in [3.63, 3.8) is 0 Å². The van der Waals surface area contributed by atoms with Gasteiger partial charge in [0.1, 0.15) is 12.4 Å². The summed E-state index contributed by atoms with van der Waals surface area (Å²) in [5.41, 5.74) is 0.478. The molecule has 1 aliphatic heterocycles. The third-order valence-electron chi connectivity index (χ3n) is 4.81. The molecule has 0 saturated carbocycles. The number of hydrogen-bond acceptors (Lipinski definition) is 3. The van der Waals surface area contributed by atoms with Crippen molar-refractivity contribution < 1.29 is 13.9 Å². The second kappa shape index (κ2) is 11.9. The minimum atomic E-state index is -0.366. The predicted molar refractivity (Wildman–Crippen MR) is 126 cm³/mol. The highest BCUT2D eigenvalue weighted by Gasteiger charge is 2.24. The maximum atomic E-state index is 13.4. The lowest BCUT2D eigenvalue weighted by molar-refractivity contribution is -0.127. The van der Waals surface area contributed by atoms with Crippen molar-refractivity contribution in [2.24, 2.45) is 10.9 Å². The molecule has 1 amide bonds. The Morgan fingerprint density at radius 1 is 1.38 bits per heavy atom. The van der Waals surface area contributed by atoms with Gasteiger partial charge in [-0.3, -0.25) is 4.79 Å². The number of benzene rings is 1. The van der Waals surface area contributed by atoms with Crippen molar-refractivity contribution in [3.8, 4) is 0 Å². The maximum absolute atomic E-state index is 13.4. The molecule has 1 atom stereocenters. The highest BCUT2D eigenvalue weighted by atomic mass is 127. The lowest BCUT2D eigenvalue weighted by Gasteiger charge is -2.28. The summed E-state index contributed by atoms with van der Waals surface area (Å²) in [6.45, 7) is 6.84. The smallest absolute Gasteiger partial charge is 0.243 e. The van der Waals surface area contributed by atoms with E-state index in [2.05, 4.69) is 15.6 Å². The number of ether oxygens (including phenoxy) is 1. The fraction of sp³-hybridized carbons (Fsp3) is 0.600. The van der Waals surface area contributed by atoms with Crippen molar-refractivity contribution in [2.45, 2.75) is 25.7 Å².